The van der Waals surface area contributed by atoms with E-state index < -0.39 is 0 Å². The van der Waals surface area contributed by atoms with Crippen LogP contribution < -0.4 is 5.32 Å². The second-order valence-electron chi connectivity index (χ2n) is 5.66. The Hall–Kier alpha value is -1.36. The van der Waals surface area contributed by atoms with E-state index >= 15 is 0 Å². The molecule has 3 heterocycles. The molecule has 18 heavy (non-hydrogen) atoms. The lowest BCUT2D eigenvalue weighted by Crippen LogP contribution is -2.49. The molecular weight excluding hydrogens is 228 g/mol. The summed E-state index contributed by atoms with van der Waals surface area (Å²) < 4.78 is 0. The monoisotopic (exact) mass is 248 g/mol. The highest BCUT2D eigenvalue weighted by atomic mass is 16.2. The summed E-state index contributed by atoms with van der Waals surface area (Å²) in [5.74, 6) is 1.46. The summed E-state index contributed by atoms with van der Waals surface area (Å²) in [5.41, 5.74) is 2.15. The number of imidazole rings is 1. The Balaban J connectivity index is 1.68. The molecule has 2 aliphatic rings. The summed E-state index contributed by atoms with van der Waals surface area (Å²) in [4.78, 5) is 21.8. The van der Waals surface area contributed by atoms with Gasteiger partial charge in [-0.05, 0) is 11.8 Å². The third kappa shape index (κ3) is 1.92. The van der Waals surface area contributed by atoms with Crippen molar-refractivity contribution < 1.29 is 4.79 Å². The van der Waals surface area contributed by atoms with Crippen LogP contribution >= 0.6 is 0 Å². The minimum atomic E-state index is -0.0988. The van der Waals surface area contributed by atoms with Crippen molar-refractivity contribution in [2.45, 2.75) is 32.9 Å². The van der Waals surface area contributed by atoms with E-state index in [0.717, 1.165) is 24.5 Å². The van der Waals surface area contributed by atoms with E-state index in [4.69, 9.17) is 0 Å². The maximum Gasteiger partial charge on any atom is 0.240 e. The van der Waals surface area contributed by atoms with Crippen LogP contribution in [0.15, 0.2) is 6.33 Å². The Morgan fingerprint density at radius 3 is 2.83 bits per heavy atom. The molecule has 0 radical (unpaired) electrons. The van der Waals surface area contributed by atoms with Crippen LogP contribution in [0.4, 0.5) is 0 Å². The van der Waals surface area contributed by atoms with E-state index in [1.807, 2.05) is 4.90 Å². The van der Waals surface area contributed by atoms with Crippen molar-refractivity contribution in [1.29, 1.82) is 0 Å². The third-order valence-corrected chi connectivity index (χ3v) is 4.33. The molecule has 3 unspecified atom stereocenters. The minimum absolute atomic E-state index is 0.0988. The summed E-state index contributed by atoms with van der Waals surface area (Å²) in [5, 5.41) is 3.31. The van der Waals surface area contributed by atoms with Gasteiger partial charge in [-0.15, -0.1) is 0 Å². The van der Waals surface area contributed by atoms with Crippen LogP contribution in [-0.4, -0.2) is 39.9 Å². The number of H-pyrrole nitrogens is 1. The number of rotatable bonds is 1. The second-order valence-corrected chi connectivity index (χ2v) is 5.66. The van der Waals surface area contributed by atoms with Gasteiger partial charge in [0, 0.05) is 26.1 Å². The van der Waals surface area contributed by atoms with E-state index in [0.29, 0.717) is 24.8 Å². The molecule has 0 bridgehead atoms. The predicted octanol–water partition coefficient (Wildman–Crippen LogP) is 0.538. The molecule has 1 aromatic rings. The summed E-state index contributed by atoms with van der Waals surface area (Å²) in [6.45, 7) is 6.94. The summed E-state index contributed by atoms with van der Waals surface area (Å²) >= 11 is 0. The standard InChI is InChI=1S/C13H20N4O/c1-8-5-17(6-9(8)2)13(18)11-3-10-12(4-14-11)16-7-15-10/h7-9,11,14H,3-6H2,1-2H3,(H,15,16). The average molecular weight is 248 g/mol. The number of fused-ring (bicyclic) bond motifs is 1. The summed E-state index contributed by atoms with van der Waals surface area (Å²) in [6, 6.07) is -0.0988. The van der Waals surface area contributed by atoms with Crippen LogP contribution in [0.3, 0.4) is 0 Å². The topological polar surface area (TPSA) is 61.0 Å². The average Bonchev–Trinajstić information content (AvgIpc) is 2.95. The fraction of sp³-hybridized carbons (Fsp3) is 0.692. The first-order chi connectivity index (χ1) is 8.65. The molecule has 0 aromatic carbocycles. The molecule has 1 fully saturated rings. The van der Waals surface area contributed by atoms with Crippen LogP contribution in [-0.2, 0) is 17.8 Å². The molecule has 0 saturated carbocycles. The molecule has 5 nitrogen and oxygen atoms in total. The highest BCUT2D eigenvalue weighted by molar-refractivity contribution is 5.82. The van der Waals surface area contributed by atoms with Crippen LogP contribution in [0, 0.1) is 11.8 Å². The normalized spacial score (nSPS) is 31.4. The lowest BCUT2D eigenvalue weighted by atomic mass is 10.0. The molecule has 5 heteroatoms. The Bertz CT molecular complexity index is 446. The number of aromatic nitrogens is 2. The highest BCUT2D eigenvalue weighted by Crippen LogP contribution is 2.24. The zero-order valence-corrected chi connectivity index (χ0v) is 10.9. The van der Waals surface area contributed by atoms with Crippen molar-refractivity contribution in [3.63, 3.8) is 0 Å². The zero-order valence-electron chi connectivity index (χ0n) is 10.9. The molecule has 1 saturated heterocycles. The number of nitrogens with zero attached hydrogens (tertiary/aromatic N) is 2. The Morgan fingerprint density at radius 1 is 1.39 bits per heavy atom. The minimum Gasteiger partial charge on any atom is -0.347 e. The molecule has 0 aliphatic carbocycles. The van der Waals surface area contributed by atoms with E-state index in [1.165, 1.54) is 0 Å². The molecule has 2 aliphatic heterocycles. The molecule has 1 amide bonds. The van der Waals surface area contributed by atoms with Crippen molar-refractivity contribution in [3.05, 3.63) is 17.7 Å². The molecule has 98 valence electrons. The van der Waals surface area contributed by atoms with Gasteiger partial charge in [-0.3, -0.25) is 10.1 Å². The van der Waals surface area contributed by atoms with E-state index in [9.17, 15) is 4.79 Å². The summed E-state index contributed by atoms with van der Waals surface area (Å²) in [6.07, 6.45) is 2.41. The van der Waals surface area contributed by atoms with Gasteiger partial charge in [-0.25, -0.2) is 4.98 Å². The van der Waals surface area contributed by atoms with Crippen LogP contribution in [0.1, 0.15) is 25.2 Å². The van der Waals surface area contributed by atoms with Crippen LogP contribution in [0.5, 0.6) is 0 Å². The Kier molecular flexibility index (Phi) is 2.86. The van der Waals surface area contributed by atoms with Gasteiger partial charge in [-0.1, -0.05) is 13.8 Å². The third-order valence-electron chi connectivity index (χ3n) is 4.33. The van der Waals surface area contributed by atoms with Gasteiger partial charge in [-0.2, -0.15) is 0 Å². The second kappa shape index (κ2) is 4.39. The number of hydrogen-bond acceptors (Lipinski definition) is 3. The van der Waals surface area contributed by atoms with Crippen molar-refractivity contribution in [1.82, 2.24) is 20.2 Å². The lowest BCUT2D eigenvalue weighted by molar-refractivity contribution is -0.132. The van der Waals surface area contributed by atoms with Gasteiger partial charge in [0.15, 0.2) is 0 Å². The number of amides is 1. The van der Waals surface area contributed by atoms with Gasteiger partial charge in [0.2, 0.25) is 5.91 Å². The lowest BCUT2D eigenvalue weighted by Gasteiger charge is -2.27. The molecule has 0 spiro atoms. The van der Waals surface area contributed by atoms with Crippen LogP contribution in [0.25, 0.3) is 0 Å². The quantitative estimate of drug-likeness (QED) is 0.762. The van der Waals surface area contributed by atoms with E-state index in [1.54, 1.807) is 6.33 Å². The first kappa shape index (κ1) is 11.7. The van der Waals surface area contributed by atoms with Crippen LogP contribution in [0.2, 0.25) is 0 Å². The zero-order chi connectivity index (χ0) is 12.7. The fourth-order valence-electron chi connectivity index (χ4n) is 2.87. The van der Waals surface area contributed by atoms with Gasteiger partial charge < -0.3 is 9.88 Å². The Morgan fingerprint density at radius 2 is 2.11 bits per heavy atom. The predicted molar refractivity (Wildman–Crippen MR) is 67.8 cm³/mol. The molecule has 1 aromatic heterocycles. The first-order valence-electron chi connectivity index (χ1n) is 6.68. The molecule has 3 rings (SSSR count). The number of likely N-dealkylation sites (tertiary alicyclic amines) is 1. The first-order valence-corrected chi connectivity index (χ1v) is 6.68. The maximum atomic E-state index is 12.4. The number of carbonyl (C=O) groups is 1. The number of aromatic amines is 1. The largest absolute Gasteiger partial charge is 0.347 e. The fourth-order valence-corrected chi connectivity index (χ4v) is 2.87. The van der Waals surface area contributed by atoms with Crippen molar-refractivity contribution in [3.8, 4) is 0 Å². The van der Waals surface area contributed by atoms with Crippen molar-refractivity contribution in [2.24, 2.45) is 11.8 Å². The smallest absolute Gasteiger partial charge is 0.240 e. The van der Waals surface area contributed by atoms with Gasteiger partial charge in [0.1, 0.15) is 0 Å². The van der Waals surface area contributed by atoms with Gasteiger partial charge in [0.25, 0.3) is 0 Å². The number of carbonyl (C=O) groups excluding carboxylic acids is 1. The van der Waals surface area contributed by atoms with Crippen molar-refractivity contribution in [2.75, 3.05) is 13.1 Å². The summed E-state index contributed by atoms with van der Waals surface area (Å²) in [7, 11) is 0. The Labute approximate surface area is 107 Å². The molecule has 2 N–H and O–H groups in total. The molecular formula is C13H20N4O. The van der Waals surface area contributed by atoms with Gasteiger partial charge in [0.05, 0.1) is 23.8 Å². The van der Waals surface area contributed by atoms with E-state index in [2.05, 4.69) is 29.1 Å². The van der Waals surface area contributed by atoms with E-state index in [-0.39, 0.29) is 11.9 Å². The van der Waals surface area contributed by atoms with Gasteiger partial charge >= 0.3 is 0 Å². The SMILES string of the molecule is CC1CN(C(=O)C2Cc3nc[nH]c3CN2)CC1C. The molecule has 3 atom stereocenters. The maximum absolute atomic E-state index is 12.4. The number of hydrogen-bond donors (Lipinski definition) is 2. The number of nitrogens with one attached hydrogen (secondary N) is 2. The highest BCUT2D eigenvalue weighted by Gasteiger charge is 2.34. The van der Waals surface area contributed by atoms with Crippen molar-refractivity contribution >= 4 is 5.91 Å².